The Balaban J connectivity index is 2.35. The van der Waals surface area contributed by atoms with E-state index in [0.717, 1.165) is 22.6 Å². The van der Waals surface area contributed by atoms with Gasteiger partial charge in [0.25, 0.3) is 0 Å². The highest BCUT2D eigenvalue weighted by Crippen LogP contribution is 2.20. The highest BCUT2D eigenvalue weighted by molar-refractivity contribution is 7.12. The molecule has 0 saturated heterocycles. The van der Waals surface area contributed by atoms with Crippen LogP contribution < -0.4 is 0 Å². The maximum atomic E-state index is 5.44. The average molecular weight is 230 g/mol. The van der Waals surface area contributed by atoms with Crippen molar-refractivity contribution in [3.63, 3.8) is 0 Å². The first kappa shape index (κ1) is 11.0. The summed E-state index contributed by atoms with van der Waals surface area (Å²) in [6, 6.07) is 4.12. The van der Waals surface area contributed by atoms with E-state index < -0.39 is 0 Å². The summed E-state index contributed by atoms with van der Waals surface area (Å²) in [5.74, 6) is 8.19. The first-order valence-corrected chi connectivity index (χ1v) is 6.04. The molecule has 0 aliphatic carbocycles. The zero-order valence-corrected chi connectivity index (χ0v) is 10.8. The average Bonchev–Trinajstić information content (AvgIpc) is 2.66. The van der Waals surface area contributed by atoms with Crippen LogP contribution in [0, 0.1) is 39.5 Å². The van der Waals surface area contributed by atoms with E-state index in [4.69, 9.17) is 4.42 Å². The van der Waals surface area contributed by atoms with E-state index in [1.165, 1.54) is 9.75 Å². The molecule has 0 fully saturated rings. The molecule has 2 rings (SSSR count). The molecule has 1 nitrogen and oxygen atoms in total. The third-order valence-electron chi connectivity index (χ3n) is 2.41. The largest absolute Gasteiger partial charge is 0.465 e. The predicted octanol–water partition coefficient (Wildman–Crippen LogP) is 3.97. The molecule has 2 heterocycles. The number of furan rings is 1. The van der Waals surface area contributed by atoms with Crippen LogP contribution in [0.4, 0.5) is 0 Å². The number of hydrogen-bond acceptors (Lipinski definition) is 2. The molecular weight excluding hydrogens is 216 g/mol. The zero-order valence-electron chi connectivity index (χ0n) is 9.97. The molecule has 0 aromatic carbocycles. The smallest absolute Gasteiger partial charge is 0.116 e. The maximum Gasteiger partial charge on any atom is 0.116 e. The van der Waals surface area contributed by atoms with E-state index in [9.17, 15) is 0 Å². The standard InChI is InChI=1S/C14H14OS/c1-9-7-13(11(3)15-9)5-6-14-8-10(2)16-12(14)4/h7-8H,1-4H3. The van der Waals surface area contributed by atoms with Gasteiger partial charge in [0.15, 0.2) is 0 Å². The lowest BCUT2D eigenvalue weighted by molar-refractivity contribution is 0.504. The second kappa shape index (κ2) is 4.19. The van der Waals surface area contributed by atoms with Gasteiger partial charge >= 0.3 is 0 Å². The van der Waals surface area contributed by atoms with Gasteiger partial charge in [0.1, 0.15) is 11.5 Å². The van der Waals surface area contributed by atoms with Crippen molar-refractivity contribution >= 4 is 11.3 Å². The molecule has 16 heavy (non-hydrogen) atoms. The molecule has 2 aromatic heterocycles. The summed E-state index contributed by atoms with van der Waals surface area (Å²) >= 11 is 1.79. The number of aryl methyl sites for hydroxylation is 4. The fraction of sp³-hybridized carbons (Fsp3) is 0.286. The van der Waals surface area contributed by atoms with Crippen molar-refractivity contribution in [1.29, 1.82) is 0 Å². The van der Waals surface area contributed by atoms with E-state index in [0.29, 0.717) is 0 Å². The van der Waals surface area contributed by atoms with Crippen LogP contribution in [0.15, 0.2) is 16.5 Å². The Bertz CT molecular complexity index is 525. The molecule has 0 radical (unpaired) electrons. The van der Waals surface area contributed by atoms with Gasteiger partial charge in [0, 0.05) is 15.3 Å². The van der Waals surface area contributed by atoms with Crippen LogP contribution >= 0.6 is 11.3 Å². The monoisotopic (exact) mass is 230 g/mol. The molecule has 0 spiro atoms. The van der Waals surface area contributed by atoms with Gasteiger partial charge < -0.3 is 4.42 Å². The molecule has 82 valence electrons. The molecule has 0 aliphatic heterocycles. The van der Waals surface area contributed by atoms with Crippen molar-refractivity contribution in [3.05, 3.63) is 44.5 Å². The van der Waals surface area contributed by atoms with Gasteiger partial charge in [-0.05, 0) is 39.8 Å². The molecule has 0 amide bonds. The Kier molecular flexibility index (Phi) is 2.89. The van der Waals surface area contributed by atoms with E-state index in [-0.39, 0.29) is 0 Å². The summed E-state index contributed by atoms with van der Waals surface area (Å²) in [6.45, 7) is 8.10. The van der Waals surface area contributed by atoms with Gasteiger partial charge in [0.2, 0.25) is 0 Å². The van der Waals surface area contributed by atoms with Crippen LogP contribution in [-0.2, 0) is 0 Å². The Labute approximate surface area is 100 Å². The Hall–Kier alpha value is -1.46. The fourth-order valence-corrected chi connectivity index (χ4v) is 2.52. The third kappa shape index (κ3) is 2.20. The van der Waals surface area contributed by atoms with Gasteiger partial charge in [-0.1, -0.05) is 11.8 Å². The minimum absolute atomic E-state index is 0.898. The summed E-state index contributed by atoms with van der Waals surface area (Å²) < 4.78 is 5.44. The highest BCUT2D eigenvalue weighted by Gasteiger charge is 2.02. The lowest BCUT2D eigenvalue weighted by Gasteiger charge is -1.85. The first-order chi connectivity index (χ1) is 7.56. The van der Waals surface area contributed by atoms with E-state index >= 15 is 0 Å². The minimum atomic E-state index is 0.898. The van der Waals surface area contributed by atoms with Gasteiger partial charge in [0.05, 0.1) is 5.56 Å². The Morgan fingerprint density at radius 2 is 1.69 bits per heavy atom. The summed E-state index contributed by atoms with van der Waals surface area (Å²) in [5, 5.41) is 0. The van der Waals surface area contributed by atoms with Gasteiger partial charge in [-0.15, -0.1) is 11.3 Å². The summed E-state index contributed by atoms with van der Waals surface area (Å²) in [5.41, 5.74) is 2.11. The van der Waals surface area contributed by atoms with Crippen LogP contribution in [0.2, 0.25) is 0 Å². The maximum absolute atomic E-state index is 5.44. The topological polar surface area (TPSA) is 13.1 Å². The summed E-state index contributed by atoms with van der Waals surface area (Å²) in [4.78, 5) is 2.59. The number of rotatable bonds is 0. The number of thiophene rings is 1. The second-order valence-electron chi connectivity index (χ2n) is 3.90. The predicted molar refractivity (Wildman–Crippen MR) is 68.0 cm³/mol. The zero-order chi connectivity index (χ0) is 11.7. The van der Waals surface area contributed by atoms with Gasteiger partial charge in [-0.3, -0.25) is 0 Å². The molecule has 0 unspecified atom stereocenters. The first-order valence-electron chi connectivity index (χ1n) is 5.22. The van der Waals surface area contributed by atoms with Crippen LogP contribution in [0.5, 0.6) is 0 Å². The van der Waals surface area contributed by atoms with Crippen LogP contribution in [-0.4, -0.2) is 0 Å². The highest BCUT2D eigenvalue weighted by atomic mass is 32.1. The molecule has 2 aromatic rings. The van der Waals surface area contributed by atoms with Crippen molar-refractivity contribution in [1.82, 2.24) is 0 Å². The molecule has 0 saturated carbocycles. The lowest BCUT2D eigenvalue weighted by atomic mass is 10.2. The fourth-order valence-electron chi connectivity index (χ4n) is 1.64. The van der Waals surface area contributed by atoms with E-state index in [2.05, 4.69) is 31.8 Å². The van der Waals surface area contributed by atoms with Crippen molar-refractivity contribution in [2.24, 2.45) is 0 Å². The van der Waals surface area contributed by atoms with Gasteiger partial charge in [-0.25, -0.2) is 0 Å². The van der Waals surface area contributed by atoms with Crippen molar-refractivity contribution < 1.29 is 4.42 Å². The molecule has 0 bridgehead atoms. The molecule has 2 heteroatoms. The molecule has 0 atom stereocenters. The van der Waals surface area contributed by atoms with E-state index in [1.54, 1.807) is 11.3 Å². The van der Waals surface area contributed by atoms with Crippen molar-refractivity contribution in [2.45, 2.75) is 27.7 Å². The third-order valence-corrected chi connectivity index (χ3v) is 3.38. The van der Waals surface area contributed by atoms with E-state index in [1.807, 2.05) is 19.9 Å². The van der Waals surface area contributed by atoms with Crippen molar-refractivity contribution in [3.8, 4) is 11.8 Å². The normalized spacial score (nSPS) is 10.0. The molecular formula is C14H14OS. The SMILES string of the molecule is Cc1cc(C#Cc2cc(C)sc2C)c(C)o1. The van der Waals surface area contributed by atoms with Crippen LogP contribution in [0.1, 0.15) is 32.4 Å². The van der Waals surface area contributed by atoms with Crippen LogP contribution in [0.3, 0.4) is 0 Å². The minimum Gasteiger partial charge on any atom is -0.465 e. The van der Waals surface area contributed by atoms with Crippen LogP contribution in [0.25, 0.3) is 0 Å². The van der Waals surface area contributed by atoms with Crippen molar-refractivity contribution in [2.75, 3.05) is 0 Å². The number of hydrogen-bond donors (Lipinski definition) is 0. The Morgan fingerprint density at radius 3 is 2.19 bits per heavy atom. The lowest BCUT2D eigenvalue weighted by Crippen LogP contribution is -1.74. The quantitative estimate of drug-likeness (QED) is 0.624. The molecule has 0 N–H and O–H groups in total. The van der Waals surface area contributed by atoms with Gasteiger partial charge in [-0.2, -0.15) is 0 Å². The molecule has 0 aliphatic rings. The Morgan fingerprint density at radius 1 is 1.00 bits per heavy atom. The summed E-state index contributed by atoms with van der Waals surface area (Å²) in [7, 11) is 0. The summed E-state index contributed by atoms with van der Waals surface area (Å²) in [6.07, 6.45) is 0. The second-order valence-corrected chi connectivity index (χ2v) is 5.36.